The molecule has 1 aromatic heterocycles. The molecule has 0 radical (unpaired) electrons. The highest BCUT2D eigenvalue weighted by molar-refractivity contribution is 7.89. The Kier molecular flexibility index (Phi) is 5.10. The summed E-state index contributed by atoms with van der Waals surface area (Å²) in [5.74, 6) is 0.696. The van der Waals surface area contributed by atoms with Gasteiger partial charge in [-0.3, -0.25) is 4.57 Å². The van der Waals surface area contributed by atoms with Crippen LogP contribution in [0.15, 0.2) is 34.0 Å². The number of aryl methyl sites for hydroxylation is 2. The summed E-state index contributed by atoms with van der Waals surface area (Å²) < 4.78 is 28.9. The van der Waals surface area contributed by atoms with E-state index in [-0.39, 0.29) is 11.7 Å². The zero-order chi connectivity index (χ0) is 18.0. The van der Waals surface area contributed by atoms with E-state index in [1.807, 2.05) is 12.1 Å². The van der Waals surface area contributed by atoms with E-state index < -0.39 is 10.0 Å². The van der Waals surface area contributed by atoms with Crippen LogP contribution in [0.25, 0.3) is 0 Å². The van der Waals surface area contributed by atoms with Crippen LogP contribution in [0.5, 0.6) is 0 Å². The summed E-state index contributed by atoms with van der Waals surface area (Å²) in [4.78, 5) is 12.0. The maximum atomic E-state index is 12.9. The minimum absolute atomic E-state index is 0.151. The summed E-state index contributed by atoms with van der Waals surface area (Å²) in [6, 6.07) is 6.98. The Bertz CT molecular complexity index is 883. The molecule has 1 aliphatic rings. The topological polar surface area (TPSA) is 88.1 Å². The SMILES string of the molecule is CCCc1ccc(S(=O)(=O)N(C)C2CCc3n[nH]c(=O)n3CC2)cc1. The maximum absolute atomic E-state index is 12.9. The molecule has 8 heteroatoms. The van der Waals surface area contributed by atoms with Crippen LogP contribution in [0.1, 0.15) is 37.6 Å². The average molecular weight is 364 g/mol. The second-order valence-electron chi connectivity index (χ2n) is 6.49. The lowest BCUT2D eigenvalue weighted by Crippen LogP contribution is -2.37. The van der Waals surface area contributed by atoms with Crippen LogP contribution < -0.4 is 5.69 Å². The highest BCUT2D eigenvalue weighted by Crippen LogP contribution is 2.23. The van der Waals surface area contributed by atoms with Crippen LogP contribution >= 0.6 is 0 Å². The standard InChI is InChI=1S/C17H24N4O3S/c1-3-4-13-5-8-15(9-6-13)25(23,24)20(2)14-7-10-16-18-19-17(22)21(16)12-11-14/h5-6,8-9,14H,3-4,7,10-12H2,1-2H3,(H,19,22). The quantitative estimate of drug-likeness (QED) is 0.872. The molecule has 0 saturated heterocycles. The van der Waals surface area contributed by atoms with Crippen LogP contribution in [0.3, 0.4) is 0 Å². The van der Waals surface area contributed by atoms with E-state index in [2.05, 4.69) is 17.1 Å². The van der Waals surface area contributed by atoms with Gasteiger partial charge in [-0.1, -0.05) is 25.5 Å². The summed E-state index contributed by atoms with van der Waals surface area (Å²) in [6.45, 7) is 2.57. The number of nitrogens with one attached hydrogen (secondary N) is 1. The Morgan fingerprint density at radius 3 is 2.68 bits per heavy atom. The third-order valence-corrected chi connectivity index (χ3v) is 6.80. The number of hydrogen-bond donors (Lipinski definition) is 1. The number of sulfonamides is 1. The van der Waals surface area contributed by atoms with E-state index in [1.54, 1.807) is 23.7 Å². The summed E-state index contributed by atoms with van der Waals surface area (Å²) in [5.41, 5.74) is 0.913. The van der Waals surface area contributed by atoms with Gasteiger partial charge >= 0.3 is 5.69 Å². The fraction of sp³-hybridized carbons (Fsp3) is 0.529. The number of fused-ring (bicyclic) bond motifs is 1. The molecule has 0 amide bonds. The Labute approximate surface area is 147 Å². The molecule has 0 aliphatic carbocycles. The minimum atomic E-state index is -3.55. The van der Waals surface area contributed by atoms with Crippen LogP contribution in [-0.4, -0.2) is 40.6 Å². The number of H-pyrrole nitrogens is 1. The van der Waals surface area contributed by atoms with E-state index >= 15 is 0 Å². The van der Waals surface area contributed by atoms with Crippen LogP contribution in [-0.2, 0) is 29.4 Å². The average Bonchev–Trinajstić information content (AvgIpc) is 2.82. The lowest BCUT2D eigenvalue weighted by Gasteiger charge is -2.26. The molecule has 0 bridgehead atoms. The summed E-state index contributed by atoms with van der Waals surface area (Å²) in [5, 5.41) is 6.46. The monoisotopic (exact) mass is 364 g/mol. The number of hydrogen-bond acceptors (Lipinski definition) is 4. The molecule has 2 heterocycles. The first-order valence-corrected chi connectivity index (χ1v) is 10.1. The molecule has 1 N–H and O–H groups in total. The summed E-state index contributed by atoms with van der Waals surface area (Å²) in [7, 11) is -1.93. The zero-order valence-corrected chi connectivity index (χ0v) is 15.4. The molecular formula is C17H24N4O3S. The highest BCUT2D eigenvalue weighted by atomic mass is 32.2. The first-order chi connectivity index (χ1) is 11.9. The van der Waals surface area contributed by atoms with Crippen molar-refractivity contribution in [3.05, 3.63) is 46.1 Å². The van der Waals surface area contributed by atoms with Gasteiger partial charge < -0.3 is 0 Å². The van der Waals surface area contributed by atoms with Crippen LogP contribution in [0, 0.1) is 0 Å². The van der Waals surface area contributed by atoms with Gasteiger partial charge in [-0.2, -0.15) is 9.40 Å². The second kappa shape index (κ2) is 7.13. The zero-order valence-electron chi connectivity index (χ0n) is 14.6. The van der Waals surface area contributed by atoms with E-state index in [0.29, 0.717) is 36.5 Å². The number of aromatic amines is 1. The van der Waals surface area contributed by atoms with Gasteiger partial charge in [0.25, 0.3) is 0 Å². The Morgan fingerprint density at radius 1 is 1.28 bits per heavy atom. The molecule has 136 valence electrons. The predicted molar refractivity (Wildman–Crippen MR) is 95.0 cm³/mol. The first kappa shape index (κ1) is 17.9. The van der Waals surface area contributed by atoms with Gasteiger partial charge in [0.15, 0.2) is 0 Å². The van der Waals surface area contributed by atoms with Crippen molar-refractivity contribution in [3.63, 3.8) is 0 Å². The number of nitrogens with zero attached hydrogens (tertiary/aromatic N) is 3. The van der Waals surface area contributed by atoms with Gasteiger partial charge in [-0.05, 0) is 37.0 Å². The molecule has 7 nitrogen and oxygen atoms in total. The molecule has 0 spiro atoms. The Balaban J connectivity index is 1.77. The highest BCUT2D eigenvalue weighted by Gasteiger charge is 2.30. The number of rotatable bonds is 5. The molecule has 0 saturated carbocycles. The smallest absolute Gasteiger partial charge is 0.279 e. The van der Waals surface area contributed by atoms with Crippen molar-refractivity contribution < 1.29 is 8.42 Å². The molecule has 1 unspecified atom stereocenters. The van der Waals surface area contributed by atoms with Crippen molar-refractivity contribution in [1.29, 1.82) is 0 Å². The van der Waals surface area contributed by atoms with E-state index in [0.717, 1.165) is 18.4 Å². The van der Waals surface area contributed by atoms with Gasteiger partial charge in [0, 0.05) is 26.1 Å². The molecule has 1 aromatic carbocycles. The summed E-state index contributed by atoms with van der Waals surface area (Å²) >= 11 is 0. The lowest BCUT2D eigenvalue weighted by atomic mass is 10.1. The van der Waals surface area contributed by atoms with Crippen LogP contribution in [0.4, 0.5) is 0 Å². The second-order valence-corrected chi connectivity index (χ2v) is 8.49. The molecule has 3 rings (SSSR count). The third-order valence-electron chi connectivity index (χ3n) is 4.88. The predicted octanol–water partition coefficient (Wildman–Crippen LogP) is 1.55. The molecule has 25 heavy (non-hydrogen) atoms. The van der Waals surface area contributed by atoms with Crippen molar-refractivity contribution in [2.75, 3.05) is 7.05 Å². The van der Waals surface area contributed by atoms with Gasteiger partial charge in [-0.25, -0.2) is 18.3 Å². The number of aromatic nitrogens is 3. The fourth-order valence-corrected chi connectivity index (χ4v) is 4.75. The normalized spacial score (nSPS) is 18.1. The van der Waals surface area contributed by atoms with E-state index in [4.69, 9.17) is 0 Å². The van der Waals surface area contributed by atoms with Gasteiger partial charge in [0.1, 0.15) is 5.82 Å². The van der Waals surface area contributed by atoms with Crippen molar-refractivity contribution in [1.82, 2.24) is 19.1 Å². The van der Waals surface area contributed by atoms with Gasteiger partial charge in [0.2, 0.25) is 10.0 Å². The van der Waals surface area contributed by atoms with E-state index in [9.17, 15) is 13.2 Å². The fourth-order valence-electron chi connectivity index (χ4n) is 3.33. The van der Waals surface area contributed by atoms with Crippen molar-refractivity contribution >= 4 is 10.0 Å². The largest absolute Gasteiger partial charge is 0.343 e. The lowest BCUT2D eigenvalue weighted by molar-refractivity contribution is 0.330. The first-order valence-electron chi connectivity index (χ1n) is 8.64. The Hall–Kier alpha value is -1.93. The molecule has 2 aromatic rings. The third kappa shape index (κ3) is 3.55. The minimum Gasteiger partial charge on any atom is -0.279 e. The van der Waals surface area contributed by atoms with Crippen molar-refractivity contribution in [3.8, 4) is 0 Å². The van der Waals surface area contributed by atoms with Crippen molar-refractivity contribution in [2.24, 2.45) is 0 Å². The molecule has 1 aliphatic heterocycles. The molecule has 0 fully saturated rings. The molecular weight excluding hydrogens is 340 g/mol. The Morgan fingerprint density at radius 2 is 2.00 bits per heavy atom. The van der Waals surface area contributed by atoms with Gasteiger partial charge in [-0.15, -0.1) is 0 Å². The van der Waals surface area contributed by atoms with Crippen LogP contribution in [0.2, 0.25) is 0 Å². The molecule has 1 atom stereocenters. The maximum Gasteiger partial charge on any atom is 0.343 e. The van der Waals surface area contributed by atoms with E-state index in [1.165, 1.54) is 4.31 Å². The number of benzene rings is 1. The van der Waals surface area contributed by atoms with Gasteiger partial charge in [0.05, 0.1) is 4.90 Å². The van der Waals surface area contributed by atoms with Crippen molar-refractivity contribution in [2.45, 2.75) is 56.5 Å². The summed E-state index contributed by atoms with van der Waals surface area (Å²) in [6.07, 6.45) is 3.80.